The highest BCUT2D eigenvalue weighted by Crippen LogP contribution is 2.23. The number of nitrogens with one attached hydrogen (secondary N) is 1. The summed E-state index contributed by atoms with van der Waals surface area (Å²) >= 11 is 1.61. The van der Waals surface area contributed by atoms with Crippen molar-refractivity contribution in [3.8, 4) is 0 Å². The molecule has 0 aromatic heterocycles. The van der Waals surface area contributed by atoms with Crippen LogP contribution in [0, 0.1) is 0 Å². The molecule has 1 heterocycles. The topological polar surface area (TPSA) is 49.4 Å². The molecule has 1 aromatic carbocycles. The van der Waals surface area contributed by atoms with Crippen LogP contribution >= 0.6 is 11.8 Å². The van der Waals surface area contributed by atoms with E-state index in [0.29, 0.717) is 11.3 Å². The van der Waals surface area contributed by atoms with Gasteiger partial charge in [-0.3, -0.25) is 9.59 Å². The average Bonchev–Trinajstić information content (AvgIpc) is 2.99. The lowest BCUT2D eigenvalue weighted by Gasteiger charge is -2.17. The van der Waals surface area contributed by atoms with Gasteiger partial charge in [-0.1, -0.05) is 20.8 Å². The Kier molecular flexibility index (Phi) is 5.51. The molecule has 2 amide bonds. The molecular weight excluding hydrogens is 296 g/mol. The summed E-state index contributed by atoms with van der Waals surface area (Å²) in [7, 11) is 0. The highest BCUT2D eigenvalue weighted by molar-refractivity contribution is 8.01. The maximum atomic E-state index is 12.2. The summed E-state index contributed by atoms with van der Waals surface area (Å²) in [5, 5.41) is 2.87. The molecule has 0 unspecified atom stereocenters. The van der Waals surface area contributed by atoms with Gasteiger partial charge in [0.2, 0.25) is 5.91 Å². The van der Waals surface area contributed by atoms with Crippen LogP contribution in [0.1, 0.15) is 44.0 Å². The number of carbonyl (C=O) groups is 2. The van der Waals surface area contributed by atoms with Crippen molar-refractivity contribution >= 4 is 29.3 Å². The third-order valence-corrected chi connectivity index (χ3v) is 4.72. The molecule has 0 saturated carbocycles. The first-order valence-corrected chi connectivity index (χ1v) is 8.67. The van der Waals surface area contributed by atoms with Crippen molar-refractivity contribution in [2.75, 3.05) is 24.2 Å². The summed E-state index contributed by atoms with van der Waals surface area (Å²) in [4.78, 5) is 26.0. The minimum Gasteiger partial charge on any atom is -0.339 e. The Hall–Kier alpha value is -1.49. The molecule has 0 aliphatic carbocycles. The first-order chi connectivity index (χ1) is 10.3. The number of thioether (sulfide) groups is 1. The highest BCUT2D eigenvalue weighted by Gasteiger charge is 2.19. The number of nitrogens with zero attached hydrogens (tertiary/aromatic N) is 1. The van der Waals surface area contributed by atoms with Crippen LogP contribution in [-0.2, 0) is 4.79 Å². The summed E-state index contributed by atoms with van der Waals surface area (Å²) in [6.07, 6.45) is 2.18. The van der Waals surface area contributed by atoms with Gasteiger partial charge in [-0.15, -0.1) is 11.8 Å². The number of anilines is 1. The van der Waals surface area contributed by atoms with Crippen molar-refractivity contribution in [1.82, 2.24) is 4.90 Å². The number of rotatable bonds is 4. The van der Waals surface area contributed by atoms with Gasteiger partial charge in [-0.2, -0.15) is 0 Å². The minimum atomic E-state index is -0.0152. The number of carbonyl (C=O) groups excluding carboxylic acids is 2. The first kappa shape index (κ1) is 16.9. The van der Waals surface area contributed by atoms with E-state index in [9.17, 15) is 9.59 Å². The third kappa shape index (κ3) is 5.05. The SMILES string of the molecule is CC(C)(C)SCC(=O)Nc1ccc(C(=O)N2CCCC2)cc1. The molecule has 2 rings (SSSR count). The number of amides is 2. The molecule has 0 atom stereocenters. The Morgan fingerprint density at radius 1 is 1.14 bits per heavy atom. The van der Waals surface area contributed by atoms with E-state index in [1.54, 1.807) is 36.0 Å². The standard InChI is InChI=1S/C17H24N2O2S/c1-17(2,3)22-12-15(20)18-14-8-6-13(7-9-14)16(21)19-10-4-5-11-19/h6-9H,4-5,10-12H2,1-3H3,(H,18,20). The predicted molar refractivity (Wildman–Crippen MR) is 92.4 cm³/mol. The molecule has 1 aromatic rings. The summed E-state index contributed by atoms with van der Waals surface area (Å²) in [5.41, 5.74) is 1.42. The molecule has 0 radical (unpaired) electrons. The molecule has 120 valence electrons. The predicted octanol–water partition coefficient (Wildman–Crippen LogP) is 3.39. The van der Waals surface area contributed by atoms with Gasteiger partial charge in [0, 0.05) is 29.1 Å². The van der Waals surface area contributed by atoms with Gasteiger partial charge in [0.15, 0.2) is 0 Å². The van der Waals surface area contributed by atoms with Crippen LogP contribution in [0.3, 0.4) is 0 Å². The van der Waals surface area contributed by atoms with E-state index < -0.39 is 0 Å². The molecule has 1 aliphatic heterocycles. The van der Waals surface area contributed by atoms with Gasteiger partial charge in [0.05, 0.1) is 5.75 Å². The number of hydrogen-bond donors (Lipinski definition) is 1. The number of hydrogen-bond acceptors (Lipinski definition) is 3. The molecule has 1 saturated heterocycles. The summed E-state index contributed by atoms with van der Waals surface area (Å²) in [6.45, 7) is 7.96. The zero-order valence-electron chi connectivity index (χ0n) is 13.5. The van der Waals surface area contributed by atoms with Crippen LogP contribution in [0.2, 0.25) is 0 Å². The highest BCUT2D eigenvalue weighted by atomic mass is 32.2. The maximum Gasteiger partial charge on any atom is 0.253 e. The minimum absolute atomic E-state index is 0.0152. The van der Waals surface area contributed by atoms with Gasteiger partial charge in [-0.05, 0) is 37.1 Å². The molecular formula is C17H24N2O2S. The van der Waals surface area contributed by atoms with E-state index >= 15 is 0 Å². The van der Waals surface area contributed by atoms with Crippen molar-refractivity contribution in [3.05, 3.63) is 29.8 Å². The molecule has 1 N–H and O–H groups in total. The lowest BCUT2D eigenvalue weighted by atomic mass is 10.2. The molecule has 0 bridgehead atoms. The Morgan fingerprint density at radius 3 is 2.27 bits per heavy atom. The van der Waals surface area contributed by atoms with E-state index in [2.05, 4.69) is 26.1 Å². The van der Waals surface area contributed by atoms with Crippen LogP contribution in [0.4, 0.5) is 5.69 Å². The van der Waals surface area contributed by atoms with Crippen LogP contribution in [0.25, 0.3) is 0 Å². The van der Waals surface area contributed by atoms with Crippen molar-refractivity contribution in [1.29, 1.82) is 0 Å². The molecule has 1 aliphatic rings. The fourth-order valence-corrected chi connectivity index (χ4v) is 2.91. The Bertz CT molecular complexity index is 529. The van der Waals surface area contributed by atoms with Gasteiger partial charge in [0.1, 0.15) is 0 Å². The number of likely N-dealkylation sites (tertiary alicyclic amines) is 1. The fourth-order valence-electron chi connectivity index (χ4n) is 2.28. The third-order valence-electron chi connectivity index (χ3n) is 3.45. The summed E-state index contributed by atoms with van der Waals surface area (Å²) in [6, 6.07) is 7.16. The largest absolute Gasteiger partial charge is 0.339 e. The van der Waals surface area contributed by atoms with Gasteiger partial charge in [-0.25, -0.2) is 0 Å². The van der Waals surface area contributed by atoms with E-state index in [1.807, 2.05) is 4.90 Å². The van der Waals surface area contributed by atoms with Crippen molar-refractivity contribution in [2.45, 2.75) is 38.4 Å². The second-order valence-electron chi connectivity index (χ2n) is 6.53. The van der Waals surface area contributed by atoms with E-state index in [-0.39, 0.29) is 16.6 Å². The molecule has 4 nitrogen and oxygen atoms in total. The summed E-state index contributed by atoms with van der Waals surface area (Å²) in [5.74, 6) is 0.495. The van der Waals surface area contributed by atoms with Gasteiger partial charge in [0.25, 0.3) is 5.91 Å². The van der Waals surface area contributed by atoms with E-state index in [0.717, 1.165) is 31.6 Å². The van der Waals surface area contributed by atoms with Gasteiger partial charge < -0.3 is 10.2 Å². The quantitative estimate of drug-likeness (QED) is 0.925. The maximum absolute atomic E-state index is 12.2. The zero-order valence-corrected chi connectivity index (χ0v) is 14.3. The normalized spacial score (nSPS) is 15.0. The van der Waals surface area contributed by atoms with Gasteiger partial charge >= 0.3 is 0 Å². The first-order valence-electron chi connectivity index (χ1n) is 7.68. The Morgan fingerprint density at radius 2 is 1.73 bits per heavy atom. The Balaban J connectivity index is 1.88. The van der Waals surface area contributed by atoms with Crippen molar-refractivity contribution in [3.63, 3.8) is 0 Å². The van der Waals surface area contributed by atoms with Crippen LogP contribution in [-0.4, -0.2) is 40.3 Å². The van der Waals surface area contributed by atoms with E-state index in [1.165, 1.54) is 0 Å². The monoisotopic (exact) mass is 320 g/mol. The van der Waals surface area contributed by atoms with Crippen molar-refractivity contribution < 1.29 is 9.59 Å². The van der Waals surface area contributed by atoms with Crippen LogP contribution < -0.4 is 5.32 Å². The average molecular weight is 320 g/mol. The number of benzene rings is 1. The molecule has 22 heavy (non-hydrogen) atoms. The fraction of sp³-hybridized carbons (Fsp3) is 0.529. The molecule has 1 fully saturated rings. The van der Waals surface area contributed by atoms with Crippen LogP contribution in [0.5, 0.6) is 0 Å². The second-order valence-corrected chi connectivity index (χ2v) is 8.33. The second kappa shape index (κ2) is 7.18. The van der Waals surface area contributed by atoms with Crippen molar-refractivity contribution in [2.24, 2.45) is 0 Å². The smallest absolute Gasteiger partial charge is 0.253 e. The molecule has 0 spiro atoms. The Labute approximate surface area is 136 Å². The summed E-state index contributed by atoms with van der Waals surface area (Å²) < 4.78 is 0.0728. The zero-order chi connectivity index (χ0) is 16.2. The van der Waals surface area contributed by atoms with Crippen LogP contribution in [0.15, 0.2) is 24.3 Å². The lowest BCUT2D eigenvalue weighted by Crippen LogP contribution is -2.27. The molecule has 5 heteroatoms. The lowest BCUT2D eigenvalue weighted by molar-refractivity contribution is -0.113. The van der Waals surface area contributed by atoms with E-state index in [4.69, 9.17) is 0 Å².